The standard InChI is InChI=1S/C14H23ClN4/c1-9(2)18-6-5-10(7-18)14-17-13(15)12-4-3-11(16)8-19(12)14/h9-11H,3-8,16H2,1-2H3. The Kier molecular flexibility index (Phi) is 3.58. The maximum atomic E-state index is 6.30. The normalized spacial score (nSPS) is 28.1. The zero-order chi connectivity index (χ0) is 13.6. The van der Waals surface area contributed by atoms with Gasteiger partial charge in [-0.1, -0.05) is 11.6 Å². The Morgan fingerprint density at radius 2 is 2.11 bits per heavy atom. The lowest BCUT2D eigenvalue weighted by Gasteiger charge is -2.24. The molecule has 0 amide bonds. The van der Waals surface area contributed by atoms with Gasteiger partial charge in [0.1, 0.15) is 5.82 Å². The predicted molar refractivity (Wildman–Crippen MR) is 77.6 cm³/mol. The lowest BCUT2D eigenvalue weighted by Crippen LogP contribution is -2.33. The smallest absolute Gasteiger partial charge is 0.150 e. The topological polar surface area (TPSA) is 47.1 Å². The molecule has 0 bridgehead atoms. The number of rotatable bonds is 2. The molecule has 1 aromatic rings. The molecule has 2 aliphatic rings. The van der Waals surface area contributed by atoms with Gasteiger partial charge in [0.2, 0.25) is 0 Å². The van der Waals surface area contributed by atoms with E-state index in [0.717, 1.165) is 32.5 Å². The van der Waals surface area contributed by atoms with Gasteiger partial charge >= 0.3 is 0 Å². The maximum absolute atomic E-state index is 6.30. The van der Waals surface area contributed by atoms with E-state index in [1.165, 1.54) is 17.9 Å². The number of hydrogen-bond donors (Lipinski definition) is 1. The van der Waals surface area contributed by atoms with Gasteiger partial charge in [-0.25, -0.2) is 4.98 Å². The van der Waals surface area contributed by atoms with Crippen LogP contribution in [-0.4, -0.2) is 39.6 Å². The Balaban J connectivity index is 1.86. The van der Waals surface area contributed by atoms with Crippen LogP contribution in [0, 0.1) is 0 Å². The third-order valence-corrected chi connectivity index (χ3v) is 4.84. The van der Waals surface area contributed by atoms with Gasteiger partial charge < -0.3 is 15.2 Å². The lowest BCUT2D eigenvalue weighted by molar-refractivity contribution is 0.271. The SMILES string of the molecule is CC(C)N1CCC(c2nc(Cl)c3n2CC(N)CC3)C1. The Morgan fingerprint density at radius 1 is 1.32 bits per heavy atom. The van der Waals surface area contributed by atoms with E-state index in [1.54, 1.807) is 0 Å². The van der Waals surface area contributed by atoms with Crippen molar-refractivity contribution < 1.29 is 0 Å². The lowest BCUT2D eigenvalue weighted by atomic mass is 10.0. The maximum Gasteiger partial charge on any atom is 0.150 e. The molecule has 19 heavy (non-hydrogen) atoms. The van der Waals surface area contributed by atoms with E-state index in [-0.39, 0.29) is 6.04 Å². The molecule has 2 atom stereocenters. The Morgan fingerprint density at radius 3 is 2.79 bits per heavy atom. The zero-order valence-electron chi connectivity index (χ0n) is 11.8. The summed E-state index contributed by atoms with van der Waals surface area (Å²) >= 11 is 6.30. The summed E-state index contributed by atoms with van der Waals surface area (Å²) in [5.74, 6) is 1.68. The first-order valence-electron chi connectivity index (χ1n) is 7.30. The molecule has 0 spiro atoms. The second kappa shape index (κ2) is 5.08. The average molecular weight is 283 g/mol. The second-order valence-electron chi connectivity index (χ2n) is 6.19. The molecular formula is C14H23ClN4. The molecule has 0 radical (unpaired) electrons. The molecule has 1 aromatic heterocycles. The van der Waals surface area contributed by atoms with E-state index in [4.69, 9.17) is 17.3 Å². The molecule has 3 heterocycles. The number of aromatic nitrogens is 2. The van der Waals surface area contributed by atoms with Crippen LogP contribution in [-0.2, 0) is 13.0 Å². The highest BCUT2D eigenvalue weighted by Crippen LogP contribution is 2.33. The number of halogens is 1. The highest BCUT2D eigenvalue weighted by Gasteiger charge is 2.32. The van der Waals surface area contributed by atoms with Crippen LogP contribution in [0.2, 0.25) is 5.15 Å². The summed E-state index contributed by atoms with van der Waals surface area (Å²) in [6, 6.07) is 0.859. The number of nitrogens with two attached hydrogens (primary N) is 1. The van der Waals surface area contributed by atoms with Crippen molar-refractivity contribution in [2.45, 2.75) is 57.7 Å². The van der Waals surface area contributed by atoms with E-state index in [1.807, 2.05) is 0 Å². The molecule has 0 saturated carbocycles. The van der Waals surface area contributed by atoms with Crippen molar-refractivity contribution in [3.05, 3.63) is 16.7 Å². The van der Waals surface area contributed by atoms with Crippen LogP contribution in [0.15, 0.2) is 0 Å². The van der Waals surface area contributed by atoms with Crippen molar-refractivity contribution in [3.8, 4) is 0 Å². The second-order valence-corrected chi connectivity index (χ2v) is 6.55. The summed E-state index contributed by atoms with van der Waals surface area (Å²) in [5, 5.41) is 0.699. The number of imidazole rings is 1. The van der Waals surface area contributed by atoms with Crippen molar-refractivity contribution >= 4 is 11.6 Å². The third-order valence-electron chi connectivity index (χ3n) is 4.54. The summed E-state index contributed by atoms with van der Waals surface area (Å²) in [6.45, 7) is 7.65. The molecule has 0 aliphatic carbocycles. The molecule has 2 N–H and O–H groups in total. The molecular weight excluding hydrogens is 260 g/mol. The van der Waals surface area contributed by atoms with Crippen molar-refractivity contribution in [2.24, 2.45) is 5.73 Å². The summed E-state index contributed by atoms with van der Waals surface area (Å²) < 4.78 is 2.30. The van der Waals surface area contributed by atoms with Crippen molar-refractivity contribution in [3.63, 3.8) is 0 Å². The number of likely N-dealkylation sites (tertiary alicyclic amines) is 1. The van der Waals surface area contributed by atoms with E-state index in [2.05, 4.69) is 28.3 Å². The van der Waals surface area contributed by atoms with Crippen LogP contribution in [0.5, 0.6) is 0 Å². The Bertz CT molecular complexity index is 468. The van der Waals surface area contributed by atoms with Gasteiger partial charge in [0, 0.05) is 31.1 Å². The molecule has 2 unspecified atom stereocenters. The van der Waals surface area contributed by atoms with Crippen LogP contribution in [0.25, 0.3) is 0 Å². The summed E-state index contributed by atoms with van der Waals surface area (Å²) in [7, 11) is 0. The first-order chi connectivity index (χ1) is 9.06. The van der Waals surface area contributed by atoms with Crippen molar-refractivity contribution in [1.82, 2.24) is 14.5 Å². The fourth-order valence-electron chi connectivity index (χ4n) is 3.34. The van der Waals surface area contributed by atoms with Gasteiger partial charge in [-0.2, -0.15) is 0 Å². The number of hydrogen-bond acceptors (Lipinski definition) is 3. The monoisotopic (exact) mass is 282 g/mol. The molecule has 0 aromatic carbocycles. The van der Waals surface area contributed by atoms with Crippen molar-refractivity contribution in [1.29, 1.82) is 0 Å². The molecule has 106 valence electrons. The first kappa shape index (κ1) is 13.4. The minimum atomic E-state index is 0.249. The Hall–Kier alpha value is -0.580. The number of fused-ring (bicyclic) bond motifs is 1. The molecule has 5 heteroatoms. The molecule has 3 rings (SSSR count). The molecule has 2 aliphatic heterocycles. The quantitative estimate of drug-likeness (QED) is 0.903. The summed E-state index contributed by atoms with van der Waals surface area (Å²) in [6.07, 6.45) is 3.17. The minimum absolute atomic E-state index is 0.249. The van der Waals surface area contributed by atoms with E-state index >= 15 is 0 Å². The minimum Gasteiger partial charge on any atom is -0.329 e. The van der Waals surface area contributed by atoms with Gasteiger partial charge in [-0.05, 0) is 39.7 Å². The van der Waals surface area contributed by atoms with Crippen molar-refractivity contribution in [2.75, 3.05) is 13.1 Å². The van der Waals surface area contributed by atoms with Crippen LogP contribution in [0.1, 0.15) is 44.1 Å². The van der Waals surface area contributed by atoms with Gasteiger partial charge in [0.05, 0.1) is 5.69 Å². The van der Waals surface area contributed by atoms with Gasteiger partial charge in [-0.3, -0.25) is 0 Å². The third kappa shape index (κ3) is 2.41. The van der Waals surface area contributed by atoms with Crippen LogP contribution in [0.3, 0.4) is 0 Å². The average Bonchev–Trinajstić information content (AvgIpc) is 2.94. The van der Waals surface area contributed by atoms with Gasteiger partial charge in [0.15, 0.2) is 5.15 Å². The van der Waals surface area contributed by atoms with Crippen LogP contribution < -0.4 is 5.73 Å². The molecule has 4 nitrogen and oxygen atoms in total. The van der Waals surface area contributed by atoms with Crippen LogP contribution in [0.4, 0.5) is 0 Å². The van der Waals surface area contributed by atoms with E-state index < -0.39 is 0 Å². The Labute approximate surface area is 119 Å². The molecule has 1 fully saturated rings. The fraction of sp³-hybridized carbons (Fsp3) is 0.786. The largest absolute Gasteiger partial charge is 0.329 e. The highest BCUT2D eigenvalue weighted by molar-refractivity contribution is 6.30. The number of nitrogens with zero attached hydrogens (tertiary/aromatic N) is 3. The van der Waals surface area contributed by atoms with Gasteiger partial charge in [0.25, 0.3) is 0 Å². The van der Waals surface area contributed by atoms with Crippen LogP contribution >= 0.6 is 11.6 Å². The fourth-order valence-corrected chi connectivity index (χ4v) is 3.63. The summed E-state index contributed by atoms with van der Waals surface area (Å²) in [4.78, 5) is 7.17. The van der Waals surface area contributed by atoms with E-state index in [9.17, 15) is 0 Å². The summed E-state index contributed by atoms with van der Waals surface area (Å²) in [5.41, 5.74) is 7.30. The van der Waals surface area contributed by atoms with Gasteiger partial charge in [-0.15, -0.1) is 0 Å². The first-order valence-corrected chi connectivity index (χ1v) is 7.68. The highest BCUT2D eigenvalue weighted by atomic mass is 35.5. The van der Waals surface area contributed by atoms with E-state index in [0.29, 0.717) is 17.1 Å². The zero-order valence-corrected chi connectivity index (χ0v) is 12.5. The predicted octanol–water partition coefficient (Wildman–Crippen LogP) is 2.01. The molecule has 1 saturated heterocycles.